The second-order valence-electron chi connectivity index (χ2n) is 9.41. The fraction of sp³-hybridized carbons (Fsp3) is 0.727. The highest BCUT2D eigenvalue weighted by Crippen LogP contribution is 2.44. The Kier molecular flexibility index (Phi) is 5.17. The second kappa shape index (κ2) is 7.74. The van der Waals surface area contributed by atoms with Gasteiger partial charge in [0, 0.05) is 43.5 Å². The lowest BCUT2D eigenvalue weighted by molar-refractivity contribution is -0.141. The standard InChI is InChI=1S/C22H27F3N4O2/c23-13-5-9-28(10-6-13)21(31)16-2-1-15(16)18-11-19(30)17-12-26-29(20(17)27-18)14-3-7-22(24,25)8-4-14/h12-16H,1-11H2/t15-,16-/m0/s1. The van der Waals surface area contributed by atoms with Crippen LogP contribution in [0.25, 0.3) is 0 Å². The molecule has 2 aliphatic carbocycles. The van der Waals surface area contributed by atoms with E-state index in [9.17, 15) is 22.8 Å². The summed E-state index contributed by atoms with van der Waals surface area (Å²) < 4.78 is 42.2. The number of aliphatic imine (C=N–C) groups is 1. The number of fused-ring (bicyclic) bond motifs is 1. The molecule has 0 spiro atoms. The van der Waals surface area contributed by atoms with Gasteiger partial charge in [-0.1, -0.05) is 0 Å². The number of amides is 1. The average molecular weight is 436 g/mol. The van der Waals surface area contributed by atoms with E-state index in [2.05, 4.69) is 5.10 Å². The summed E-state index contributed by atoms with van der Waals surface area (Å²) in [7, 11) is 0. The van der Waals surface area contributed by atoms with Crippen LogP contribution >= 0.6 is 0 Å². The number of nitrogens with zero attached hydrogens (tertiary/aromatic N) is 4. The van der Waals surface area contributed by atoms with Crippen LogP contribution in [0.3, 0.4) is 0 Å². The number of hydrogen-bond donors (Lipinski definition) is 0. The largest absolute Gasteiger partial charge is 0.342 e. The Morgan fingerprint density at radius 3 is 2.42 bits per heavy atom. The Labute approximate surface area is 178 Å². The fourth-order valence-corrected chi connectivity index (χ4v) is 5.35. The summed E-state index contributed by atoms with van der Waals surface area (Å²) >= 11 is 0. The number of piperidine rings is 1. The lowest BCUT2D eigenvalue weighted by Gasteiger charge is -2.41. The zero-order valence-corrected chi connectivity index (χ0v) is 17.4. The lowest BCUT2D eigenvalue weighted by atomic mass is 9.68. The van der Waals surface area contributed by atoms with E-state index < -0.39 is 12.1 Å². The van der Waals surface area contributed by atoms with Crippen LogP contribution in [-0.2, 0) is 4.79 Å². The highest BCUT2D eigenvalue weighted by molar-refractivity contribution is 6.16. The topological polar surface area (TPSA) is 67.6 Å². The van der Waals surface area contributed by atoms with Crippen molar-refractivity contribution in [3.05, 3.63) is 11.8 Å². The molecule has 1 aromatic rings. The van der Waals surface area contributed by atoms with Crippen molar-refractivity contribution < 1.29 is 22.8 Å². The molecule has 0 radical (unpaired) electrons. The molecule has 1 saturated heterocycles. The molecule has 168 valence electrons. The first kappa shape index (κ1) is 20.7. The summed E-state index contributed by atoms with van der Waals surface area (Å²) in [4.78, 5) is 32.2. The minimum absolute atomic E-state index is 0.0344. The van der Waals surface area contributed by atoms with Gasteiger partial charge in [-0.15, -0.1) is 0 Å². The van der Waals surface area contributed by atoms with Crippen LogP contribution < -0.4 is 0 Å². The SMILES string of the molecule is O=C1CC([C@H]2CC[C@@H]2C(=O)N2CCC(F)CC2)=Nc2c1cnn2C1CCC(F)(F)CC1. The van der Waals surface area contributed by atoms with Crippen LogP contribution in [0.5, 0.6) is 0 Å². The van der Waals surface area contributed by atoms with Crippen molar-refractivity contribution in [3.63, 3.8) is 0 Å². The summed E-state index contributed by atoms with van der Waals surface area (Å²) in [5.41, 5.74) is 1.14. The Balaban J connectivity index is 1.34. The zero-order chi connectivity index (χ0) is 21.8. The maximum Gasteiger partial charge on any atom is 0.248 e. The molecule has 0 aromatic carbocycles. The molecule has 1 amide bonds. The molecule has 9 heteroatoms. The summed E-state index contributed by atoms with van der Waals surface area (Å²) in [6.07, 6.45) is 3.35. The Morgan fingerprint density at radius 1 is 1.06 bits per heavy atom. The average Bonchev–Trinajstić information content (AvgIpc) is 3.12. The Morgan fingerprint density at radius 2 is 1.77 bits per heavy atom. The first-order valence-corrected chi connectivity index (χ1v) is 11.3. The zero-order valence-electron chi connectivity index (χ0n) is 17.4. The van der Waals surface area contributed by atoms with Crippen molar-refractivity contribution >= 4 is 23.2 Å². The van der Waals surface area contributed by atoms with Gasteiger partial charge >= 0.3 is 0 Å². The molecule has 31 heavy (non-hydrogen) atoms. The summed E-state index contributed by atoms with van der Waals surface area (Å²) in [6, 6.07) is -0.194. The van der Waals surface area contributed by atoms with Crippen LogP contribution in [0.4, 0.5) is 19.0 Å². The summed E-state index contributed by atoms with van der Waals surface area (Å²) in [5, 5.41) is 4.33. The highest BCUT2D eigenvalue weighted by atomic mass is 19.3. The van der Waals surface area contributed by atoms with Gasteiger partial charge in [0.1, 0.15) is 6.17 Å². The second-order valence-corrected chi connectivity index (χ2v) is 9.41. The molecule has 2 saturated carbocycles. The third kappa shape index (κ3) is 3.80. The van der Waals surface area contributed by atoms with Crippen molar-refractivity contribution in [3.8, 4) is 0 Å². The number of halogens is 3. The van der Waals surface area contributed by atoms with Gasteiger partial charge < -0.3 is 4.90 Å². The molecule has 5 rings (SSSR count). The molecule has 2 atom stereocenters. The predicted octanol–water partition coefficient (Wildman–Crippen LogP) is 4.28. The molecule has 0 bridgehead atoms. The van der Waals surface area contributed by atoms with Gasteiger partial charge in [-0.2, -0.15) is 5.10 Å². The minimum Gasteiger partial charge on any atom is -0.342 e. The van der Waals surface area contributed by atoms with Crippen LogP contribution in [0.2, 0.25) is 0 Å². The molecular weight excluding hydrogens is 409 g/mol. The van der Waals surface area contributed by atoms with Crippen molar-refractivity contribution in [1.82, 2.24) is 14.7 Å². The van der Waals surface area contributed by atoms with E-state index in [4.69, 9.17) is 4.99 Å². The molecule has 1 aromatic heterocycles. The van der Waals surface area contributed by atoms with Crippen molar-refractivity contribution in [2.24, 2.45) is 16.8 Å². The quantitative estimate of drug-likeness (QED) is 0.710. The van der Waals surface area contributed by atoms with Gasteiger partial charge in [-0.3, -0.25) is 9.59 Å². The maximum atomic E-state index is 13.6. The smallest absolute Gasteiger partial charge is 0.248 e. The van der Waals surface area contributed by atoms with Crippen LogP contribution in [0, 0.1) is 11.8 Å². The number of alkyl halides is 3. The molecule has 4 aliphatic rings. The Bertz CT molecular complexity index is 910. The van der Waals surface area contributed by atoms with Crippen molar-refractivity contribution in [2.45, 2.75) is 75.9 Å². The molecule has 3 heterocycles. The first-order chi connectivity index (χ1) is 14.8. The van der Waals surface area contributed by atoms with Crippen molar-refractivity contribution in [2.75, 3.05) is 13.1 Å². The van der Waals surface area contributed by atoms with Crippen LogP contribution in [0.1, 0.15) is 74.2 Å². The van der Waals surface area contributed by atoms with E-state index in [1.807, 2.05) is 0 Å². The van der Waals surface area contributed by atoms with Gasteiger partial charge in [-0.25, -0.2) is 22.8 Å². The monoisotopic (exact) mass is 436 g/mol. The number of ketones is 1. The number of hydrogen-bond acceptors (Lipinski definition) is 4. The van der Waals surface area contributed by atoms with Gasteiger partial charge in [-0.05, 0) is 38.5 Å². The first-order valence-electron chi connectivity index (χ1n) is 11.3. The van der Waals surface area contributed by atoms with E-state index in [1.54, 1.807) is 9.58 Å². The van der Waals surface area contributed by atoms with E-state index >= 15 is 0 Å². The van der Waals surface area contributed by atoms with E-state index in [0.717, 1.165) is 12.8 Å². The highest BCUT2D eigenvalue weighted by Gasteiger charge is 2.44. The number of likely N-dealkylation sites (tertiary alicyclic amines) is 1. The summed E-state index contributed by atoms with van der Waals surface area (Å²) in [5.74, 6) is -2.53. The lowest BCUT2D eigenvalue weighted by Crippen LogP contribution is -2.49. The Hall–Kier alpha value is -2.19. The molecule has 0 unspecified atom stereocenters. The molecule has 6 nitrogen and oxygen atoms in total. The van der Waals surface area contributed by atoms with Gasteiger partial charge in [0.15, 0.2) is 11.6 Å². The maximum absolute atomic E-state index is 13.6. The molecule has 0 N–H and O–H groups in total. The summed E-state index contributed by atoms with van der Waals surface area (Å²) in [6.45, 7) is 0.885. The minimum atomic E-state index is -2.63. The molecule has 2 aliphatic heterocycles. The number of Topliss-reactive ketones (excluding diaryl/α,β-unsaturated/α-hetero) is 1. The van der Waals surface area contributed by atoms with Gasteiger partial charge in [0.05, 0.1) is 24.2 Å². The van der Waals surface area contributed by atoms with Gasteiger partial charge in [0.25, 0.3) is 0 Å². The number of aromatic nitrogens is 2. The number of carbonyl (C=O) groups excluding carboxylic acids is 2. The third-order valence-electron chi connectivity index (χ3n) is 7.45. The van der Waals surface area contributed by atoms with Gasteiger partial charge in [0.2, 0.25) is 11.8 Å². The molecular formula is C22H27F3N4O2. The number of carbonyl (C=O) groups is 2. The fourth-order valence-electron chi connectivity index (χ4n) is 5.35. The predicted molar refractivity (Wildman–Crippen MR) is 108 cm³/mol. The molecule has 3 fully saturated rings. The van der Waals surface area contributed by atoms with E-state index in [1.165, 1.54) is 6.20 Å². The van der Waals surface area contributed by atoms with Crippen LogP contribution in [0.15, 0.2) is 11.2 Å². The van der Waals surface area contributed by atoms with Crippen LogP contribution in [-0.4, -0.2) is 57.3 Å². The third-order valence-corrected chi connectivity index (χ3v) is 7.45. The van der Waals surface area contributed by atoms with E-state index in [-0.39, 0.29) is 48.8 Å². The number of rotatable bonds is 3. The van der Waals surface area contributed by atoms with E-state index in [0.29, 0.717) is 55.9 Å². The van der Waals surface area contributed by atoms with Crippen molar-refractivity contribution in [1.29, 1.82) is 0 Å². The normalized spacial score (nSPS) is 29.3.